The van der Waals surface area contributed by atoms with Crippen LogP contribution in [0.2, 0.25) is 10.0 Å². The van der Waals surface area contributed by atoms with Gasteiger partial charge in [-0.05, 0) is 49.2 Å². The van der Waals surface area contributed by atoms with E-state index in [1.54, 1.807) is 18.2 Å². The summed E-state index contributed by atoms with van der Waals surface area (Å²) in [6, 6.07) is 6.97. The fraction of sp³-hybridized carbons (Fsp3) is 0.250. The summed E-state index contributed by atoms with van der Waals surface area (Å²) in [6.07, 6.45) is -4.05. The number of hydrogen-bond donors (Lipinski definition) is 1. The van der Waals surface area contributed by atoms with E-state index in [1.807, 2.05) is 0 Å². The van der Waals surface area contributed by atoms with E-state index in [0.29, 0.717) is 16.5 Å². The zero-order valence-electron chi connectivity index (χ0n) is 12.5. The number of carbonyl (C=O) groups is 1. The fourth-order valence-electron chi connectivity index (χ4n) is 2.13. The van der Waals surface area contributed by atoms with Gasteiger partial charge in [0.1, 0.15) is 5.69 Å². The summed E-state index contributed by atoms with van der Waals surface area (Å²) in [7, 11) is 0. The Labute approximate surface area is 146 Å². The van der Waals surface area contributed by atoms with Crippen molar-refractivity contribution in [3.05, 3.63) is 62.9 Å². The third kappa shape index (κ3) is 4.85. The first kappa shape index (κ1) is 18.5. The number of carbonyl (C=O) groups excluding carboxylic acids is 1. The molecule has 1 aromatic carbocycles. The number of rotatable bonds is 4. The molecule has 0 fully saturated rings. The zero-order valence-corrected chi connectivity index (χ0v) is 14.1. The minimum atomic E-state index is -4.54. The SMILES string of the molecule is Cc1nc(C(F)(F)F)ccc1C(=O)NCCc1cc(Cl)cc(Cl)c1. The Bertz CT molecular complexity index is 743. The highest BCUT2D eigenvalue weighted by atomic mass is 35.5. The average Bonchev–Trinajstić information content (AvgIpc) is 2.45. The van der Waals surface area contributed by atoms with E-state index in [9.17, 15) is 18.0 Å². The molecule has 1 amide bonds. The Morgan fingerprint density at radius 2 is 1.79 bits per heavy atom. The van der Waals surface area contributed by atoms with Crippen molar-refractivity contribution in [1.82, 2.24) is 10.3 Å². The van der Waals surface area contributed by atoms with Crippen LogP contribution in [0.1, 0.15) is 27.3 Å². The highest BCUT2D eigenvalue weighted by Gasteiger charge is 2.33. The first-order chi connectivity index (χ1) is 11.2. The molecule has 0 aliphatic heterocycles. The number of aromatic nitrogens is 1. The molecule has 0 aliphatic carbocycles. The van der Waals surface area contributed by atoms with E-state index < -0.39 is 17.8 Å². The number of halogens is 5. The molecule has 0 spiro atoms. The van der Waals surface area contributed by atoms with Crippen molar-refractivity contribution < 1.29 is 18.0 Å². The molecule has 3 nitrogen and oxygen atoms in total. The molecule has 128 valence electrons. The zero-order chi connectivity index (χ0) is 17.9. The third-order valence-electron chi connectivity index (χ3n) is 3.24. The van der Waals surface area contributed by atoms with Crippen LogP contribution in [0.4, 0.5) is 13.2 Å². The third-order valence-corrected chi connectivity index (χ3v) is 3.68. The Morgan fingerprint density at radius 1 is 1.17 bits per heavy atom. The number of nitrogens with one attached hydrogen (secondary N) is 1. The van der Waals surface area contributed by atoms with Crippen molar-refractivity contribution in [3.63, 3.8) is 0 Å². The second-order valence-electron chi connectivity index (χ2n) is 5.11. The van der Waals surface area contributed by atoms with Gasteiger partial charge in [0, 0.05) is 16.6 Å². The molecule has 1 aromatic heterocycles. The maximum absolute atomic E-state index is 12.6. The molecule has 0 bridgehead atoms. The first-order valence-corrected chi connectivity index (χ1v) is 7.70. The van der Waals surface area contributed by atoms with Crippen LogP contribution in [0.15, 0.2) is 30.3 Å². The van der Waals surface area contributed by atoms with E-state index in [1.165, 1.54) is 6.92 Å². The van der Waals surface area contributed by atoms with E-state index in [4.69, 9.17) is 23.2 Å². The van der Waals surface area contributed by atoms with Crippen LogP contribution in [0.25, 0.3) is 0 Å². The summed E-state index contributed by atoms with van der Waals surface area (Å²) in [5.74, 6) is -0.484. The van der Waals surface area contributed by atoms with Gasteiger partial charge in [0.15, 0.2) is 0 Å². The van der Waals surface area contributed by atoms with E-state index in [-0.39, 0.29) is 17.8 Å². The lowest BCUT2D eigenvalue weighted by Gasteiger charge is -2.10. The summed E-state index contributed by atoms with van der Waals surface area (Å²) in [5.41, 5.74) is -0.0552. The van der Waals surface area contributed by atoms with Gasteiger partial charge in [-0.1, -0.05) is 23.2 Å². The van der Waals surface area contributed by atoms with Crippen LogP contribution in [0.5, 0.6) is 0 Å². The van der Waals surface area contributed by atoms with Crippen LogP contribution in [0.3, 0.4) is 0 Å². The Kier molecular flexibility index (Phi) is 5.72. The van der Waals surface area contributed by atoms with Crippen LogP contribution >= 0.6 is 23.2 Å². The van der Waals surface area contributed by atoms with Crippen molar-refractivity contribution in [2.75, 3.05) is 6.54 Å². The molecular weight excluding hydrogens is 364 g/mol. The molecule has 8 heteroatoms. The largest absolute Gasteiger partial charge is 0.433 e. The second-order valence-corrected chi connectivity index (χ2v) is 5.98. The van der Waals surface area contributed by atoms with Gasteiger partial charge in [0.05, 0.1) is 11.3 Å². The monoisotopic (exact) mass is 376 g/mol. The number of benzene rings is 1. The number of aryl methyl sites for hydroxylation is 1. The van der Waals surface area contributed by atoms with E-state index >= 15 is 0 Å². The van der Waals surface area contributed by atoms with Crippen LogP contribution in [-0.2, 0) is 12.6 Å². The summed E-state index contributed by atoms with van der Waals surface area (Å²) >= 11 is 11.8. The van der Waals surface area contributed by atoms with Gasteiger partial charge < -0.3 is 5.32 Å². The normalized spacial score (nSPS) is 11.4. The Hall–Kier alpha value is -1.79. The summed E-state index contributed by atoms with van der Waals surface area (Å²) < 4.78 is 37.7. The van der Waals surface area contributed by atoms with Gasteiger partial charge in [-0.3, -0.25) is 4.79 Å². The summed E-state index contributed by atoms with van der Waals surface area (Å²) in [4.78, 5) is 15.5. The smallest absolute Gasteiger partial charge is 0.352 e. The van der Waals surface area contributed by atoms with Crippen molar-refractivity contribution in [1.29, 1.82) is 0 Å². The predicted molar refractivity (Wildman–Crippen MR) is 86.5 cm³/mol. The molecule has 0 radical (unpaired) electrons. The van der Waals surface area contributed by atoms with Crippen LogP contribution < -0.4 is 5.32 Å². The number of nitrogens with zero attached hydrogens (tertiary/aromatic N) is 1. The number of pyridine rings is 1. The van der Waals surface area contributed by atoms with Gasteiger partial charge in [-0.25, -0.2) is 4.98 Å². The standard InChI is InChI=1S/C16H13Cl2F3N2O/c1-9-13(2-3-14(23-9)16(19,20)21)15(24)22-5-4-10-6-11(17)8-12(18)7-10/h2-3,6-8H,4-5H2,1H3,(H,22,24). The molecule has 2 rings (SSSR count). The maximum atomic E-state index is 12.6. The molecule has 0 saturated heterocycles. The molecular formula is C16H13Cl2F3N2O. The molecule has 24 heavy (non-hydrogen) atoms. The minimum absolute atomic E-state index is 0.0214. The molecule has 0 unspecified atom stereocenters. The quantitative estimate of drug-likeness (QED) is 0.840. The molecule has 1 heterocycles. The number of hydrogen-bond acceptors (Lipinski definition) is 2. The molecule has 0 saturated carbocycles. The highest BCUT2D eigenvalue weighted by Crippen LogP contribution is 2.28. The predicted octanol–water partition coefficient (Wildman–Crippen LogP) is 4.69. The van der Waals surface area contributed by atoms with Gasteiger partial charge in [-0.15, -0.1) is 0 Å². The van der Waals surface area contributed by atoms with Crippen LogP contribution in [0, 0.1) is 6.92 Å². The Balaban J connectivity index is 2.00. The van der Waals surface area contributed by atoms with Crippen molar-refractivity contribution in [2.24, 2.45) is 0 Å². The van der Waals surface area contributed by atoms with E-state index in [0.717, 1.165) is 17.7 Å². The molecule has 0 aliphatic rings. The summed E-state index contributed by atoms with van der Waals surface area (Å²) in [5, 5.41) is 3.62. The number of alkyl halides is 3. The van der Waals surface area contributed by atoms with Gasteiger partial charge in [-0.2, -0.15) is 13.2 Å². The second kappa shape index (κ2) is 7.40. The van der Waals surface area contributed by atoms with Gasteiger partial charge >= 0.3 is 6.18 Å². The minimum Gasteiger partial charge on any atom is -0.352 e. The lowest BCUT2D eigenvalue weighted by Crippen LogP contribution is -2.27. The topological polar surface area (TPSA) is 42.0 Å². The lowest BCUT2D eigenvalue weighted by atomic mass is 10.1. The molecule has 1 N–H and O–H groups in total. The maximum Gasteiger partial charge on any atom is 0.433 e. The molecule has 0 atom stereocenters. The lowest BCUT2D eigenvalue weighted by molar-refractivity contribution is -0.141. The first-order valence-electron chi connectivity index (χ1n) is 6.95. The van der Waals surface area contributed by atoms with Crippen molar-refractivity contribution >= 4 is 29.1 Å². The summed E-state index contributed by atoms with van der Waals surface area (Å²) in [6.45, 7) is 1.65. The van der Waals surface area contributed by atoms with Crippen molar-refractivity contribution in [3.8, 4) is 0 Å². The van der Waals surface area contributed by atoms with Crippen molar-refractivity contribution in [2.45, 2.75) is 19.5 Å². The number of amides is 1. The van der Waals surface area contributed by atoms with E-state index in [2.05, 4.69) is 10.3 Å². The Morgan fingerprint density at radius 3 is 2.33 bits per heavy atom. The molecule has 2 aromatic rings. The highest BCUT2D eigenvalue weighted by molar-refractivity contribution is 6.34. The van der Waals surface area contributed by atoms with Gasteiger partial charge in [0.2, 0.25) is 0 Å². The average molecular weight is 377 g/mol. The van der Waals surface area contributed by atoms with Crippen LogP contribution in [-0.4, -0.2) is 17.4 Å². The fourth-order valence-corrected chi connectivity index (χ4v) is 2.70. The van der Waals surface area contributed by atoms with Gasteiger partial charge in [0.25, 0.3) is 5.91 Å².